The molecule has 0 aliphatic carbocycles. The average molecular weight is 377 g/mol. The van der Waals surface area contributed by atoms with Crippen molar-refractivity contribution in [2.45, 2.75) is 25.8 Å². The first-order valence-electron chi connectivity index (χ1n) is 6.34. The Morgan fingerprint density at radius 3 is 2.62 bits per heavy atom. The molecule has 1 rings (SSSR count). The summed E-state index contributed by atoms with van der Waals surface area (Å²) in [4.78, 5) is 36.4. The zero-order valence-electron chi connectivity index (χ0n) is 11.8. The summed E-state index contributed by atoms with van der Waals surface area (Å²) in [5.41, 5.74) is 0. The van der Waals surface area contributed by atoms with Crippen molar-refractivity contribution >= 4 is 45.1 Å². The number of nitrogens with zero attached hydrogens (tertiary/aromatic N) is 1. The van der Waals surface area contributed by atoms with E-state index >= 15 is 0 Å². The van der Waals surface area contributed by atoms with Crippen LogP contribution < -0.4 is 5.32 Å². The lowest BCUT2D eigenvalue weighted by atomic mass is 10.2. The average Bonchev–Trinajstić information content (AvgIpc) is 2.83. The number of amides is 2. The normalized spacial score (nSPS) is 11.8. The van der Waals surface area contributed by atoms with Crippen LogP contribution in [-0.4, -0.2) is 47.4 Å². The van der Waals surface area contributed by atoms with Crippen LogP contribution in [0.5, 0.6) is 0 Å². The van der Waals surface area contributed by atoms with E-state index in [0.29, 0.717) is 17.8 Å². The molecule has 0 spiro atoms. The smallest absolute Gasteiger partial charge is 0.303 e. The molecule has 0 saturated carbocycles. The number of aliphatic carboxylic acids is 1. The van der Waals surface area contributed by atoms with Gasteiger partial charge in [0.1, 0.15) is 6.04 Å². The van der Waals surface area contributed by atoms with E-state index in [9.17, 15) is 14.4 Å². The molecule has 1 unspecified atom stereocenters. The summed E-state index contributed by atoms with van der Waals surface area (Å²) in [6.45, 7) is 1.95. The number of rotatable bonds is 7. The van der Waals surface area contributed by atoms with Gasteiger partial charge in [-0.25, -0.2) is 0 Å². The molecule has 1 aromatic rings. The van der Waals surface area contributed by atoms with Gasteiger partial charge in [-0.1, -0.05) is 0 Å². The number of carboxylic acids is 1. The molecule has 0 saturated heterocycles. The van der Waals surface area contributed by atoms with Crippen LogP contribution in [-0.2, 0) is 9.59 Å². The number of carbonyl (C=O) groups is 3. The zero-order valence-corrected chi connectivity index (χ0v) is 14.2. The van der Waals surface area contributed by atoms with E-state index in [0.717, 1.165) is 3.79 Å². The van der Waals surface area contributed by atoms with E-state index < -0.39 is 12.0 Å². The SMILES string of the molecule is CC(NC(=O)c1ccc(Br)s1)C(=O)N(C)CCCC(=O)O. The summed E-state index contributed by atoms with van der Waals surface area (Å²) in [6.07, 6.45) is 0.400. The maximum Gasteiger partial charge on any atom is 0.303 e. The molecule has 21 heavy (non-hydrogen) atoms. The summed E-state index contributed by atoms with van der Waals surface area (Å²) < 4.78 is 0.845. The molecule has 2 amide bonds. The van der Waals surface area contributed by atoms with E-state index in [1.165, 1.54) is 16.2 Å². The number of halogens is 1. The molecule has 2 N–H and O–H groups in total. The molecule has 116 valence electrons. The van der Waals surface area contributed by atoms with Crippen LogP contribution in [0.1, 0.15) is 29.4 Å². The Kier molecular flexibility index (Phi) is 6.83. The van der Waals surface area contributed by atoms with Gasteiger partial charge in [-0.2, -0.15) is 0 Å². The lowest BCUT2D eigenvalue weighted by Gasteiger charge is -2.21. The third-order valence-electron chi connectivity index (χ3n) is 2.78. The highest BCUT2D eigenvalue weighted by Crippen LogP contribution is 2.21. The minimum Gasteiger partial charge on any atom is -0.481 e. The monoisotopic (exact) mass is 376 g/mol. The third-order valence-corrected chi connectivity index (χ3v) is 4.40. The van der Waals surface area contributed by atoms with E-state index in [1.54, 1.807) is 26.1 Å². The predicted molar refractivity (Wildman–Crippen MR) is 83.5 cm³/mol. The quantitative estimate of drug-likeness (QED) is 0.761. The Morgan fingerprint density at radius 2 is 2.10 bits per heavy atom. The van der Waals surface area contributed by atoms with Crippen LogP contribution in [0.25, 0.3) is 0 Å². The van der Waals surface area contributed by atoms with Gasteiger partial charge in [-0.15, -0.1) is 11.3 Å². The van der Waals surface area contributed by atoms with Crippen LogP contribution >= 0.6 is 27.3 Å². The van der Waals surface area contributed by atoms with E-state index in [-0.39, 0.29) is 18.2 Å². The number of hydrogen-bond donors (Lipinski definition) is 2. The second-order valence-corrected chi connectivity index (χ2v) is 7.02. The standard InChI is InChI=1S/C13H17BrN2O4S/c1-8(13(20)16(2)7-3-4-11(17)18)15-12(19)9-5-6-10(14)21-9/h5-6,8H,3-4,7H2,1-2H3,(H,15,19)(H,17,18). The van der Waals surface area contributed by atoms with Crippen molar-refractivity contribution in [3.8, 4) is 0 Å². The van der Waals surface area contributed by atoms with Crippen LogP contribution in [0.3, 0.4) is 0 Å². The lowest BCUT2D eigenvalue weighted by Crippen LogP contribution is -2.45. The minimum absolute atomic E-state index is 0.0155. The van der Waals surface area contributed by atoms with Crippen molar-refractivity contribution in [2.75, 3.05) is 13.6 Å². The first-order valence-corrected chi connectivity index (χ1v) is 7.95. The van der Waals surface area contributed by atoms with E-state index in [1.807, 2.05) is 0 Å². The van der Waals surface area contributed by atoms with E-state index in [4.69, 9.17) is 5.11 Å². The Balaban J connectivity index is 2.46. The zero-order chi connectivity index (χ0) is 16.0. The topological polar surface area (TPSA) is 86.7 Å². The van der Waals surface area contributed by atoms with Crippen molar-refractivity contribution in [3.63, 3.8) is 0 Å². The molecule has 8 heteroatoms. The molecule has 0 radical (unpaired) electrons. The second kappa shape index (κ2) is 8.14. The highest BCUT2D eigenvalue weighted by Gasteiger charge is 2.20. The summed E-state index contributed by atoms with van der Waals surface area (Å²) >= 11 is 4.56. The number of carboxylic acid groups (broad SMARTS) is 1. The Bertz CT molecular complexity index is 532. The molecule has 0 aliphatic heterocycles. The van der Waals surface area contributed by atoms with Crippen molar-refractivity contribution in [3.05, 3.63) is 20.8 Å². The van der Waals surface area contributed by atoms with Gasteiger partial charge in [0.2, 0.25) is 5.91 Å². The summed E-state index contributed by atoms with van der Waals surface area (Å²) in [5, 5.41) is 11.2. The molecule has 1 heterocycles. The molecular formula is C13H17BrN2O4S. The van der Waals surface area contributed by atoms with Crippen molar-refractivity contribution < 1.29 is 19.5 Å². The van der Waals surface area contributed by atoms with Crippen molar-refractivity contribution in [1.82, 2.24) is 10.2 Å². The predicted octanol–water partition coefficient (Wildman–Crippen LogP) is 1.95. The number of carbonyl (C=O) groups excluding carboxylic acids is 2. The third kappa shape index (κ3) is 5.84. The van der Waals surface area contributed by atoms with Crippen LogP contribution in [0.4, 0.5) is 0 Å². The van der Waals surface area contributed by atoms with Crippen LogP contribution in [0, 0.1) is 0 Å². The second-order valence-electron chi connectivity index (χ2n) is 4.56. The largest absolute Gasteiger partial charge is 0.481 e. The molecule has 0 aliphatic rings. The molecule has 0 fully saturated rings. The van der Waals surface area contributed by atoms with Gasteiger partial charge in [0, 0.05) is 20.0 Å². The Labute approximate surface area is 135 Å². The highest BCUT2D eigenvalue weighted by atomic mass is 79.9. The van der Waals surface area contributed by atoms with E-state index in [2.05, 4.69) is 21.2 Å². The van der Waals surface area contributed by atoms with Gasteiger partial charge >= 0.3 is 5.97 Å². The lowest BCUT2D eigenvalue weighted by molar-refractivity contribution is -0.138. The Morgan fingerprint density at radius 1 is 1.43 bits per heavy atom. The summed E-state index contributed by atoms with van der Waals surface area (Å²) in [5.74, 6) is -1.43. The number of thiophene rings is 1. The van der Waals surface area contributed by atoms with Crippen LogP contribution in [0.15, 0.2) is 15.9 Å². The summed E-state index contributed by atoms with van der Waals surface area (Å²) in [7, 11) is 1.59. The fraction of sp³-hybridized carbons (Fsp3) is 0.462. The molecule has 1 aromatic heterocycles. The van der Waals surface area contributed by atoms with Gasteiger partial charge in [0.05, 0.1) is 8.66 Å². The van der Waals surface area contributed by atoms with Gasteiger partial charge in [0.25, 0.3) is 5.91 Å². The molecule has 1 atom stereocenters. The van der Waals surface area contributed by atoms with Gasteiger partial charge in [-0.3, -0.25) is 14.4 Å². The Hall–Kier alpha value is -1.41. The molecule has 0 aromatic carbocycles. The first-order chi connectivity index (χ1) is 9.81. The highest BCUT2D eigenvalue weighted by molar-refractivity contribution is 9.11. The van der Waals surface area contributed by atoms with Gasteiger partial charge < -0.3 is 15.3 Å². The van der Waals surface area contributed by atoms with Crippen molar-refractivity contribution in [1.29, 1.82) is 0 Å². The fourth-order valence-electron chi connectivity index (χ4n) is 1.67. The molecule has 6 nitrogen and oxygen atoms in total. The van der Waals surface area contributed by atoms with Crippen LogP contribution in [0.2, 0.25) is 0 Å². The van der Waals surface area contributed by atoms with Gasteiger partial charge in [0.15, 0.2) is 0 Å². The number of likely N-dealkylation sites (N-methyl/N-ethyl adjacent to an activating group) is 1. The maximum absolute atomic E-state index is 12.0. The maximum atomic E-state index is 12.0. The fourth-order valence-corrected chi connectivity index (χ4v) is 2.96. The molecule has 0 bridgehead atoms. The molecular weight excluding hydrogens is 360 g/mol. The van der Waals surface area contributed by atoms with Crippen molar-refractivity contribution in [2.24, 2.45) is 0 Å². The number of nitrogens with one attached hydrogen (secondary N) is 1. The number of hydrogen-bond acceptors (Lipinski definition) is 4. The first kappa shape index (κ1) is 17.6. The minimum atomic E-state index is -0.888. The van der Waals surface area contributed by atoms with Gasteiger partial charge in [-0.05, 0) is 41.4 Å². The summed E-state index contributed by atoms with van der Waals surface area (Å²) in [6, 6.07) is 2.79.